The summed E-state index contributed by atoms with van der Waals surface area (Å²) >= 11 is 0. The highest BCUT2D eigenvalue weighted by molar-refractivity contribution is 5.81. The number of fused-ring (bicyclic) bond motifs is 1. The van der Waals surface area contributed by atoms with Gasteiger partial charge in [-0.25, -0.2) is 14.6 Å². The molecule has 148 valence electrons. The van der Waals surface area contributed by atoms with Gasteiger partial charge in [-0.3, -0.25) is 0 Å². The van der Waals surface area contributed by atoms with E-state index in [1.807, 2.05) is 63.2 Å². The maximum Gasteiger partial charge on any atom is 0.197 e. The van der Waals surface area contributed by atoms with Crippen LogP contribution in [0, 0.1) is 20.8 Å². The summed E-state index contributed by atoms with van der Waals surface area (Å²) in [4.78, 5) is 9.72. The van der Waals surface area contributed by atoms with Gasteiger partial charge in [0.1, 0.15) is 11.5 Å². The molecule has 0 aliphatic heterocycles. The molecule has 0 amide bonds. The highest BCUT2D eigenvalue weighted by Crippen LogP contribution is 2.33. The Hall–Kier alpha value is -3.61. The van der Waals surface area contributed by atoms with Crippen molar-refractivity contribution in [2.24, 2.45) is 0 Å². The molecule has 0 saturated heterocycles. The Morgan fingerprint density at radius 1 is 0.862 bits per heavy atom. The number of benzene rings is 2. The highest BCUT2D eigenvalue weighted by Gasteiger charge is 2.16. The second-order valence-electron chi connectivity index (χ2n) is 6.92. The molecule has 0 unspecified atom stereocenters. The summed E-state index contributed by atoms with van der Waals surface area (Å²) in [6, 6.07) is 13.6. The second-order valence-corrected chi connectivity index (χ2v) is 6.92. The summed E-state index contributed by atoms with van der Waals surface area (Å²) < 4.78 is 12.7. The van der Waals surface area contributed by atoms with E-state index in [-0.39, 0.29) is 0 Å². The third kappa shape index (κ3) is 3.59. The Labute approximate surface area is 169 Å². The van der Waals surface area contributed by atoms with Crippen molar-refractivity contribution in [3.8, 4) is 17.3 Å². The van der Waals surface area contributed by atoms with Crippen LogP contribution in [0.4, 0.5) is 11.5 Å². The number of nitrogens with zero attached hydrogens (tertiary/aromatic N) is 4. The molecule has 1 N–H and O–H groups in total. The zero-order valence-electron chi connectivity index (χ0n) is 17.1. The molecule has 29 heavy (non-hydrogen) atoms. The number of ether oxygens (including phenoxy) is 2. The minimum atomic E-state index is 0.583. The molecule has 0 radical (unpaired) electrons. The van der Waals surface area contributed by atoms with Crippen LogP contribution in [0.5, 0.6) is 11.5 Å². The summed E-state index contributed by atoms with van der Waals surface area (Å²) in [6.45, 7) is 6.00. The van der Waals surface area contributed by atoms with E-state index in [0.717, 1.165) is 33.7 Å². The first-order valence-corrected chi connectivity index (χ1v) is 9.29. The van der Waals surface area contributed by atoms with E-state index >= 15 is 0 Å². The third-order valence-electron chi connectivity index (χ3n) is 4.67. The van der Waals surface area contributed by atoms with E-state index in [4.69, 9.17) is 19.4 Å². The number of aryl methyl sites for hydroxylation is 3. The standard InChI is InChI=1S/C22H23N5O2/c1-13-6-8-17-18(10-13)25-22(27-15(3)11-14(2)26-27)21(23-17)24-19-12-16(28-4)7-9-20(19)29-5/h6-12H,1-5H3,(H,23,24). The fourth-order valence-corrected chi connectivity index (χ4v) is 3.27. The summed E-state index contributed by atoms with van der Waals surface area (Å²) in [5, 5.41) is 7.98. The molecule has 0 aliphatic carbocycles. The summed E-state index contributed by atoms with van der Waals surface area (Å²) in [6.07, 6.45) is 0. The fourth-order valence-electron chi connectivity index (χ4n) is 3.27. The van der Waals surface area contributed by atoms with Crippen molar-refractivity contribution < 1.29 is 9.47 Å². The normalized spacial score (nSPS) is 10.9. The third-order valence-corrected chi connectivity index (χ3v) is 4.67. The molecular formula is C22H23N5O2. The Morgan fingerprint density at radius 3 is 2.38 bits per heavy atom. The molecule has 7 nitrogen and oxygen atoms in total. The largest absolute Gasteiger partial charge is 0.497 e. The number of hydrogen-bond donors (Lipinski definition) is 1. The predicted molar refractivity (Wildman–Crippen MR) is 114 cm³/mol. The first-order valence-electron chi connectivity index (χ1n) is 9.29. The minimum absolute atomic E-state index is 0.583. The number of nitrogens with one attached hydrogen (secondary N) is 1. The Morgan fingerprint density at radius 2 is 1.69 bits per heavy atom. The predicted octanol–water partition coefficient (Wildman–Crippen LogP) is 4.50. The van der Waals surface area contributed by atoms with Crippen LogP contribution in [-0.4, -0.2) is 34.0 Å². The summed E-state index contributed by atoms with van der Waals surface area (Å²) in [7, 11) is 3.26. The van der Waals surface area contributed by atoms with Crippen molar-refractivity contribution in [1.82, 2.24) is 19.7 Å². The molecule has 2 aromatic heterocycles. The molecule has 0 saturated carbocycles. The molecular weight excluding hydrogens is 366 g/mol. The van der Waals surface area contributed by atoms with Gasteiger partial charge in [0.15, 0.2) is 11.6 Å². The monoisotopic (exact) mass is 389 g/mol. The number of rotatable bonds is 5. The first kappa shape index (κ1) is 18.7. The van der Waals surface area contributed by atoms with Gasteiger partial charge in [-0.1, -0.05) is 6.07 Å². The molecule has 4 rings (SSSR count). The van der Waals surface area contributed by atoms with Crippen LogP contribution in [0.15, 0.2) is 42.5 Å². The molecule has 2 heterocycles. The Kier molecular flexibility index (Phi) is 4.80. The van der Waals surface area contributed by atoms with Crippen molar-refractivity contribution in [3.63, 3.8) is 0 Å². The Balaban J connectivity index is 1.92. The van der Waals surface area contributed by atoms with Gasteiger partial charge in [-0.05, 0) is 56.7 Å². The van der Waals surface area contributed by atoms with Gasteiger partial charge in [0.05, 0.1) is 36.6 Å². The molecule has 7 heteroatoms. The van der Waals surface area contributed by atoms with Crippen molar-refractivity contribution in [1.29, 1.82) is 0 Å². The van der Waals surface area contributed by atoms with Crippen molar-refractivity contribution >= 4 is 22.5 Å². The van der Waals surface area contributed by atoms with E-state index in [1.165, 1.54) is 0 Å². The van der Waals surface area contributed by atoms with Gasteiger partial charge >= 0.3 is 0 Å². The molecule has 4 aromatic rings. The van der Waals surface area contributed by atoms with Crippen LogP contribution < -0.4 is 14.8 Å². The average Bonchev–Trinajstić information content (AvgIpc) is 3.05. The quantitative estimate of drug-likeness (QED) is 0.542. The van der Waals surface area contributed by atoms with Crippen molar-refractivity contribution in [2.75, 3.05) is 19.5 Å². The van der Waals surface area contributed by atoms with Gasteiger partial charge in [-0.2, -0.15) is 5.10 Å². The van der Waals surface area contributed by atoms with Gasteiger partial charge in [-0.15, -0.1) is 0 Å². The van der Waals surface area contributed by atoms with E-state index in [1.54, 1.807) is 18.9 Å². The number of hydrogen-bond acceptors (Lipinski definition) is 6. The van der Waals surface area contributed by atoms with Crippen LogP contribution in [0.3, 0.4) is 0 Å². The first-order chi connectivity index (χ1) is 14.0. The molecule has 0 atom stereocenters. The maximum absolute atomic E-state index is 5.51. The summed E-state index contributed by atoms with van der Waals surface area (Å²) in [5.74, 6) is 2.60. The van der Waals surface area contributed by atoms with Gasteiger partial charge in [0, 0.05) is 11.8 Å². The van der Waals surface area contributed by atoms with Gasteiger partial charge < -0.3 is 14.8 Å². The van der Waals surface area contributed by atoms with Crippen LogP contribution >= 0.6 is 0 Å². The smallest absolute Gasteiger partial charge is 0.197 e. The maximum atomic E-state index is 5.51. The Bertz CT molecular complexity index is 1200. The minimum Gasteiger partial charge on any atom is -0.497 e. The highest BCUT2D eigenvalue weighted by atomic mass is 16.5. The molecule has 0 fully saturated rings. The van der Waals surface area contributed by atoms with Gasteiger partial charge in [0.25, 0.3) is 0 Å². The number of methoxy groups -OCH3 is 2. The van der Waals surface area contributed by atoms with Crippen LogP contribution in [0.25, 0.3) is 16.9 Å². The van der Waals surface area contributed by atoms with Crippen LogP contribution in [0.2, 0.25) is 0 Å². The lowest BCUT2D eigenvalue weighted by atomic mass is 10.2. The van der Waals surface area contributed by atoms with Crippen LogP contribution in [-0.2, 0) is 0 Å². The topological polar surface area (TPSA) is 74.1 Å². The lowest BCUT2D eigenvalue weighted by Gasteiger charge is -2.16. The zero-order chi connectivity index (χ0) is 20.5. The van der Waals surface area contributed by atoms with E-state index < -0.39 is 0 Å². The lowest BCUT2D eigenvalue weighted by molar-refractivity contribution is 0.405. The lowest BCUT2D eigenvalue weighted by Crippen LogP contribution is -2.09. The molecule has 0 bridgehead atoms. The average molecular weight is 389 g/mol. The number of anilines is 2. The van der Waals surface area contributed by atoms with Crippen LogP contribution in [0.1, 0.15) is 17.0 Å². The van der Waals surface area contributed by atoms with Crippen molar-refractivity contribution in [2.45, 2.75) is 20.8 Å². The summed E-state index contributed by atoms with van der Waals surface area (Å²) in [5.41, 5.74) is 5.36. The zero-order valence-corrected chi connectivity index (χ0v) is 17.1. The number of aromatic nitrogens is 4. The SMILES string of the molecule is COc1ccc(OC)c(Nc2nc3ccc(C)cc3nc2-n2nc(C)cc2C)c1. The fraction of sp³-hybridized carbons (Fsp3) is 0.227. The molecule has 2 aromatic carbocycles. The van der Waals surface area contributed by atoms with Crippen molar-refractivity contribution in [3.05, 3.63) is 59.4 Å². The molecule has 0 spiro atoms. The van der Waals surface area contributed by atoms with E-state index in [2.05, 4.69) is 10.4 Å². The molecule has 0 aliphatic rings. The second kappa shape index (κ2) is 7.43. The van der Waals surface area contributed by atoms with Gasteiger partial charge in [0.2, 0.25) is 0 Å². The van der Waals surface area contributed by atoms with E-state index in [0.29, 0.717) is 23.1 Å². The van der Waals surface area contributed by atoms with E-state index in [9.17, 15) is 0 Å².